The molecule has 60 valence electrons. The van der Waals surface area contributed by atoms with E-state index in [4.69, 9.17) is 23.2 Å². The molecule has 0 aliphatic heterocycles. The number of halogens is 2. The van der Waals surface area contributed by atoms with Crippen LogP contribution in [0, 0.1) is 0 Å². The number of rotatable bonds is 1. The predicted octanol–water partition coefficient (Wildman–Crippen LogP) is 3.26. The second kappa shape index (κ2) is 3.33. The Morgan fingerprint density at radius 1 is 1.27 bits per heavy atom. The first-order valence-electron chi connectivity index (χ1n) is 3.32. The number of phenolic OH excluding ortho intramolecular Hbond substituents is 1. The van der Waals surface area contributed by atoms with Gasteiger partial charge in [0, 0.05) is 6.07 Å². The van der Waals surface area contributed by atoms with E-state index < -0.39 is 0 Å². The van der Waals surface area contributed by atoms with Gasteiger partial charge in [0.1, 0.15) is 5.75 Å². The van der Waals surface area contributed by atoms with Crippen molar-refractivity contribution in [3.8, 4) is 5.75 Å². The molecule has 1 nitrogen and oxygen atoms in total. The fourth-order valence-corrected chi connectivity index (χ4v) is 1.20. The molecule has 1 N–H and O–H groups in total. The van der Waals surface area contributed by atoms with E-state index in [2.05, 4.69) is 0 Å². The normalized spacial score (nSPS) is 10.1. The molecule has 3 heteroatoms. The van der Waals surface area contributed by atoms with Crippen LogP contribution in [0.4, 0.5) is 0 Å². The van der Waals surface area contributed by atoms with E-state index >= 15 is 0 Å². The molecule has 0 radical (unpaired) electrons. The molecular weight excluding hydrogens is 183 g/mol. The molecule has 0 amide bonds. The summed E-state index contributed by atoms with van der Waals surface area (Å²) < 4.78 is 0. The van der Waals surface area contributed by atoms with Crippen LogP contribution < -0.4 is 0 Å². The number of benzene rings is 1. The zero-order chi connectivity index (χ0) is 8.43. The fourth-order valence-electron chi connectivity index (χ4n) is 0.861. The molecule has 1 aromatic carbocycles. The second-order valence-electron chi connectivity index (χ2n) is 2.25. The van der Waals surface area contributed by atoms with E-state index in [-0.39, 0.29) is 5.75 Å². The summed E-state index contributed by atoms with van der Waals surface area (Å²) in [5.74, 6) is 0.210. The van der Waals surface area contributed by atoms with Gasteiger partial charge >= 0.3 is 0 Å². The van der Waals surface area contributed by atoms with Crippen molar-refractivity contribution < 1.29 is 5.11 Å². The lowest BCUT2D eigenvalue weighted by atomic mass is 10.1. The zero-order valence-corrected chi connectivity index (χ0v) is 7.58. The molecule has 0 aliphatic rings. The first kappa shape index (κ1) is 8.69. The topological polar surface area (TPSA) is 20.2 Å². The number of hydrogen-bond donors (Lipinski definition) is 1. The quantitative estimate of drug-likeness (QED) is 0.722. The molecule has 0 aliphatic carbocycles. The Labute approximate surface area is 75.6 Å². The average Bonchev–Trinajstić information content (AvgIpc) is 1.97. The summed E-state index contributed by atoms with van der Waals surface area (Å²) in [5, 5.41) is 10.2. The van der Waals surface area contributed by atoms with Crippen LogP contribution in [0.2, 0.25) is 10.0 Å². The van der Waals surface area contributed by atoms with Crippen molar-refractivity contribution in [2.75, 3.05) is 0 Å². The monoisotopic (exact) mass is 190 g/mol. The van der Waals surface area contributed by atoms with Crippen LogP contribution in [0.3, 0.4) is 0 Å². The summed E-state index contributed by atoms with van der Waals surface area (Å²) in [4.78, 5) is 0. The van der Waals surface area contributed by atoms with Crippen molar-refractivity contribution in [3.05, 3.63) is 27.7 Å². The van der Waals surface area contributed by atoms with Crippen LogP contribution in [0.25, 0.3) is 0 Å². The average molecular weight is 191 g/mol. The maximum atomic E-state index is 9.27. The highest BCUT2D eigenvalue weighted by atomic mass is 35.5. The van der Waals surface area contributed by atoms with Gasteiger partial charge in [-0.05, 0) is 18.1 Å². The lowest BCUT2D eigenvalue weighted by Crippen LogP contribution is -1.81. The summed E-state index contributed by atoms with van der Waals surface area (Å²) in [6, 6.07) is 3.14. The molecule has 0 heterocycles. The van der Waals surface area contributed by atoms with E-state index in [1.54, 1.807) is 6.07 Å². The van der Waals surface area contributed by atoms with Crippen molar-refractivity contribution in [1.29, 1.82) is 0 Å². The molecule has 0 unspecified atom stereocenters. The summed E-state index contributed by atoms with van der Waals surface area (Å²) in [6.07, 6.45) is 0.753. The molecule has 0 aromatic heterocycles. The smallest absolute Gasteiger partial charge is 0.120 e. The minimum absolute atomic E-state index is 0.210. The first-order chi connectivity index (χ1) is 5.15. The van der Waals surface area contributed by atoms with E-state index in [0.29, 0.717) is 10.0 Å². The fraction of sp³-hybridized carbons (Fsp3) is 0.250. The number of phenols is 1. The lowest BCUT2D eigenvalue weighted by Gasteiger charge is -2.02. The van der Waals surface area contributed by atoms with Gasteiger partial charge in [-0.2, -0.15) is 0 Å². The highest BCUT2D eigenvalue weighted by Crippen LogP contribution is 2.29. The summed E-state index contributed by atoms with van der Waals surface area (Å²) in [7, 11) is 0. The maximum Gasteiger partial charge on any atom is 0.120 e. The van der Waals surface area contributed by atoms with Crippen LogP contribution in [0.15, 0.2) is 12.1 Å². The minimum atomic E-state index is 0.210. The summed E-state index contributed by atoms with van der Waals surface area (Å²) in [6.45, 7) is 1.94. The Bertz CT molecular complexity index is 271. The van der Waals surface area contributed by atoms with E-state index in [1.165, 1.54) is 6.07 Å². The molecule has 0 bridgehead atoms. The molecule has 11 heavy (non-hydrogen) atoms. The molecular formula is C8H8Cl2O. The van der Waals surface area contributed by atoms with E-state index in [0.717, 1.165) is 12.0 Å². The largest absolute Gasteiger partial charge is 0.508 e. The molecule has 1 aromatic rings. The minimum Gasteiger partial charge on any atom is -0.508 e. The summed E-state index contributed by atoms with van der Waals surface area (Å²) >= 11 is 11.4. The molecule has 0 atom stereocenters. The lowest BCUT2D eigenvalue weighted by molar-refractivity contribution is 0.469. The highest BCUT2D eigenvalue weighted by molar-refractivity contribution is 6.42. The number of aryl methyl sites for hydroxylation is 1. The van der Waals surface area contributed by atoms with Gasteiger partial charge in [0.25, 0.3) is 0 Å². The van der Waals surface area contributed by atoms with Crippen molar-refractivity contribution >= 4 is 23.2 Å². The van der Waals surface area contributed by atoms with Crippen LogP contribution >= 0.6 is 23.2 Å². The van der Waals surface area contributed by atoms with Crippen molar-refractivity contribution in [2.24, 2.45) is 0 Å². The predicted molar refractivity (Wildman–Crippen MR) is 47.5 cm³/mol. The Balaban J connectivity index is 3.21. The third-order valence-electron chi connectivity index (χ3n) is 1.50. The van der Waals surface area contributed by atoms with E-state index in [1.807, 2.05) is 6.92 Å². The molecule has 0 spiro atoms. The van der Waals surface area contributed by atoms with Crippen molar-refractivity contribution in [3.63, 3.8) is 0 Å². The van der Waals surface area contributed by atoms with Crippen molar-refractivity contribution in [1.82, 2.24) is 0 Å². The van der Waals surface area contributed by atoms with Gasteiger partial charge in [0.05, 0.1) is 10.0 Å². The van der Waals surface area contributed by atoms with Gasteiger partial charge in [-0.25, -0.2) is 0 Å². The first-order valence-corrected chi connectivity index (χ1v) is 4.07. The van der Waals surface area contributed by atoms with Crippen LogP contribution in [-0.4, -0.2) is 5.11 Å². The van der Waals surface area contributed by atoms with Crippen LogP contribution in [0.1, 0.15) is 12.5 Å². The number of hydrogen-bond acceptors (Lipinski definition) is 1. The van der Waals surface area contributed by atoms with Gasteiger partial charge < -0.3 is 5.11 Å². The Morgan fingerprint density at radius 3 is 2.36 bits per heavy atom. The zero-order valence-electron chi connectivity index (χ0n) is 6.06. The van der Waals surface area contributed by atoms with Gasteiger partial charge in [-0.15, -0.1) is 0 Å². The summed E-state index contributed by atoms with van der Waals surface area (Å²) in [5.41, 5.74) is 0.819. The van der Waals surface area contributed by atoms with Gasteiger partial charge in [0.2, 0.25) is 0 Å². The van der Waals surface area contributed by atoms with Crippen LogP contribution in [-0.2, 0) is 6.42 Å². The maximum absolute atomic E-state index is 9.27. The standard InChI is InChI=1S/C8H8Cl2O/c1-2-5-3-6(9)7(10)4-8(5)11/h3-4,11H,2H2,1H3. The van der Waals surface area contributed by atoms with Crippen LogP contribution in [0.5, 0.6) is 5.75 Å². The van der Waals surface area contributed by atoms with Gasteiger partial charge in [-0.1, -0.05) is 30.1 Å². The number of aromatic hydroxyl groups is 1. The molecule has 0 saturated heterocycles. The molecule has 0 fully saturated rings. The molecule has 0 saturated carbocycles. The SMILES string of the molecule is CCc1cc(Cl)c(Cl)cc1O. The molecule has 1 rings (SSSR count). The Morgan fingerprint density at radius 2 is 1.82 bits per heavy atom. The highest BCUT2D eigenvalue weighted by Gasteiger charge is 2.03. The van der Waals surface area contributed by atoms with Gasteiger partial charge in [-0.3, -0.25) is 0 Å². The van der Waals surface area contributed by atoms with E-state index in [9.17, 15) is 5.11 Å². The third-order valence-corrected chi connectivity index (χ3v) is 2.22. The third kappa shape index (κ3) is 1.79. The van der Waals surface area contributed by atoms with Gasteiger partial charge in [0.15, 0.2) is 0 Å². The second-order valence-corrected chi connectivity index (χ2v) is 3.06. The Hall–Kier alpha value is -0.400. The Kier molecular flexibility index (Phi) is 2.63. The van der Waals surface area contributed by atoms with Crippen molar-refractivity contribution in [2.45, 2.75) is 13.3 Å².